The summed E-state index contributed by atoms with van der Waals surface area (Å²) in [5, 5.41) is 70.6. The lowest BCUT2D eigenvalue weighted by molar-refractivity contribution is -0.346. The Hall–Kier alpha value is -2.68. The average molecular weight is 675 g/mol. The number of piperidine rings is 1. The van der Waals surface area contributed by atoms with Crippen LogP contribution in [0.3, 0.4) is 0 Å². The molecule has 0 aromatic carbocycles. The topological polar surface area (TPSA) is 286 Å². The number of aliphatic hydroxyl groups excluding tert-OH is 6. The lowest BCUT2D eigenvalue weighted by Gasteiger charge is -2.51. The van der Waals surface area contributed by atoms with Gasteiger partial charge in [-0.2, -0.15) is 0 Å². The van der Waals surface area contributed by atoms with Gasteiger partial charge in [0, 0.05) is 50.4 Å². The van der Waals surface area contributed by atoms with Crippen LogP contribution in [-0.2, 0) is 33.3 Å². The Balaban J connectivity index is 1.18. The van der Waals surface area contributed by atoms with E-state index in [4.69, 9.17) is 24.5 Å². The van der Waals surface area contributed by atoms with E-state index in [9.17, 15) is 45.0 Å². The van der Waals surface area contributed by atoms with Crippen molar-refractivity contribution in [3.05, 3.63) is 10.4 Å². The number of azide groups is 1. The van der Waals surface area contributed by atoms with Crippen molar-refractivity contribution in [1.29, 1.82) is 0 Å². The second-order valence-electron chi connectivity index (χ2n) is 12.6. The largest absolute Gasteiger partial charge is 0.394 e. The number of rotatable bonds is 13. The zero-order chi connectivity index (χ0) is 34.3. The lowest BCUT2D eigenvalue weighted by atomic mass is 9.57. The van der Waals surface area contributed by atoms with Gasteiger partial charge < -0.3 is 65.1 Å². The van der Waals surface area contributed by atoms with E-state index in [1.807, 2.05) is 0 Å². The summed E-state index contributed by atoms with van der Waals surface area (Å²) < 4.78 is 22.1. The monoisotopic (exact) mass is 674 g/mol. The van der Waals surface area contributed by atoms with Gasteiger partial charge in [0.2, 0.25) is 17.7 Å². The summed E-state index contributed by atoms with van der Waals surface area (Å²) in [4.78, 5) is 40.9. The molecule has 4 aliphatic rings. The third-order valence-corrected chi connectivity index (χ3v) is 9.43. The predicted molar refractivity (Wildman–Crippen MR) is 157 cm³/mol. The number of hydrogen-bond acceptors (Lipinski definition) is 14. The normalized spacial score (nSPS) is 35.4. The second kappa shape index (κ2) is 16.6. The van der Waals surface area contributed by atoms with Crippen molar-refractivity contribution in [2.24, 2.45) is 16.4 Å². The van der Waals surface area contributed by atoms with Crippen molar-refractivity contribution in [2.75, 3.05) is 46.0 Å². The molecule has 1 saturated carbocycles. The van der Waals surface area contributed by atoms with Crippen LogP contribution in [0.25, 0.3) is 10.4 Å². The van der Waals surface area contributed by atoms with E-state index in [0.717, 1.165) is 32.6 Å². The number of carbonyl (C=O) groups excluding carboxylic acids is 3. The fraction of sp³-hybridized carbons (Fsp3) is 0.893. The van der Waals surface area contributed by atoms with Crippen LogP contribution < -0.4 is 10.6 Å². The Labute approximate surface area is 270 Å². The smallest absolute Gasteiger partial charge is 0.223 e. The van der Waals surface area contributed by atoms with Crippen molar-refractivity contribution in [3.63, 3.8) is 0 Å². The Bertz CT molecular complexity index is 1130. The van der Waals surface area contributed by atoms with Gasteiger partial charge in [-0.3, -0.25) is 14.4 Å². The quantitative estimate of drug-likeness (QED) is 0.0410. The number of amides is 3. The lowest BCUT2D eigenvalue weighted by Crippen LogP contribution is -2.67. The molecule has 0 aromatic rings. The first kappa shape index (κ1) is 37.1. The SMILES string of the molecule is CC(=O)N[C@H]1C(O)O[C@H](CO)[C@@H](O[C@@H]2O[C@H](COCCNC(=O)C3CC4(CCN(C(=O)CCN=[N+]=[N-])CC4)C3)[C@@H](O)[C@H](O)[C@@H]2O)[C@@H]1O. The van der Waals surface area contributed by atoms with Gasteiger partial charge in [0.15, 0.2) is 12.6 Å². The molecule has 3 saturated heterocycles. The molecule has 0 radical (unpaired) electrons. The second-order valence-corrected chi connectivity index (χ2v) is 12.6. The van der Waals surface area contributed by atoms with E-state index in [-0.39, 0.29) is 55.9 Å². The van der Waals surface area contributed by atoms with Crippen LogP contribution >= 0.6 is 0 Å². The molecular weight excluding hydrogens is 628 g/mol. The van der Waals surface area contributed by atoms with E-state index in [2.05, 4.69) is 20.7 Å². The van der Waals surface area contributed by atoms with Gasteiger partial charge in [-0.25, -0.2) is 0 Å². The first-order valence-corrected chi connectivity index (χ1v) is 15.8. The molecule has 3 aliphatic heterocycles. The number of hydrogen-bond donors (Lipinski definition) is 8. The summed E-state index contributed by atoms with van der Waals surface area (Å²) in [5.74, 6) is -0.871. The Morgan fingerprint density at radius 3 is 2.36 bits per heavy atom. The third-order valence-electron chi connectivity index (χ3n) is 9.43. The average Bonchev–Trinajstić information content (AvgIpc) is 3.03. The highest BCUT2D eigenvalue weighted by Gasteiger charge is 2.51. The van der Waals surface area contributed by atoms with Gasteiger partial charge in [-0.05, 0) is 36.6 Å². The molecule has 47 heavy (non-hydrogen) atoms. The number of ether oxygens (including phenoxy) is 4. The third kappa shape index (κ3) is 9.07. The van der Waals surface area contributed by atoms with Crippen LogP contribution in [0.4, 0.5) is 0 Å². The van der Waals surface area contributed by atoms with Crippen LogP contribution in [0.15, 0.2) is 5.11 Å². The maximum absolute atomic E-state index is 12.7. The predicted octanol–water partition coefficient (Wildman–Crippen LogP) is -3.39. The van der Waals surface area contributed by atoms with Gasteiger partial charge >= 0.3 is 0 Å². The van der Waals surface area contributed by atoms with Crippen molar-refractivity contribution < 1.29 is 64.0 Å². The summed E-state index contributed by atoms with van der Waals surface area (Å²) in [5.41, 5.74) is 8.40. The number of likely N-dealkylation sites (tertiary alicyclic amines) is 1. The highest BCUT2D eigenvalue weighted by Crippen LogP contribution is 2.52. The van der Waals surface area contributed by atoms with Crippen molar-refractivity contribution in [3.8, 4) is 0 Å². The summed E-state index contributed by atoms with van der Waals surface area (Å²) in [6.45, 7) is 1.77. The zero-order valence-electron chi connectivity index (χ0n) is 26.2. The first-order chi connectivity index (χ1) is 22.4. The van der Waals surface area contributed by atoms with E-state index >= 15 is 0 Å². The van der Waals surface area contributed by atoms with Gasteiger partial charge in [0.05, 0.1) is 19.8 Å². The molecule has 4 rings (SSSR count). The maximum atomic E-state index is 12.7. The number of carbonyl (C=O) groups is 3. The van der Waals surface area contributed by atoms with Crippen LogP contribution in [0.5, 0.6) is 0 Å². The van der Waals surface area contributed by atoms with Crippen LogP contribution in [0.1, 0.15) is 39.0 Å². The molecule has 1 spiro atoms. The summed E-state index contributed by atoms with van der Waals surface area (Å²) in [7, 11) is 0. The van der Waals surface area contributed by atoms with Gasteiger partial charge in [-0.15, -0.1) is 0 Å². The fourth-order valence-electron chi connectivity index (χ4n) is 6.71. The zero-order valence-corrected chi connectivity index (χ0v) is 26.2. The Kier molecular flexibility index (Phi) is 13.1. The van der Waals surface area contributed by atoms with Crippen LogP contribution in [-0.4, -0.2) is 161 Å². The molecule has 3 heterocycles. The standard InChI is InChI=1S/C28H46N6O13/c1-14(36)32-19-21(39)24(16(12-35)45-26(19)43)47-27-23(41)22(40)20(38)17(46-27)13-44-9-6-30-25(42)15-10-28(11-15)3-7-34(8-4-28)18(37)2-5-31-33-29/h15-17,19-24,26-27,35,38-41,43H,2-13H2,1H3,(H,30,42)(H,32,36)/t16-,17-,19-,20-,21-,22+,23+,24-,26?,27+/m1/s1. The summed E-state index contributed by atoms with van der Waals surface area (Å²) in [6, 6.07) is -1.33. The molecule has 266 valence electrons. The highest BCUT2D eigenvalue weighted by atomic mass is 16.7. The fourth-order valence-corrected chi connectivity index (χ4v) is 6.71. The van der Waals surface area contributed by atoms with E-state index in [0.29, 0.717) is 13.1 Å². The minimum atomic E-state index is -1.78. The minimum absolute atomic E-state index is 0.0358. The molecule has 0 aromatic heterocycles. The maximum Gasteiger partial charge on any atom is 0.223 e. The molecule has 1 unspecified atom stereocenters. The van der Waals surface area contributed by atoms with Crippen molar-refractivity contribution >= 4 is 17.7 Å². The molecule has 8 N–H and O–H groups in total. The van der Waals surface area contributed by atoms with Crippen LogP contribution in [0, 0.1) is 11.3 Å². The first-order valence-electron chi connectivity index (χ1n) is 15.8. The van der Waals surface area contributed by atoms with Gasteiger partial charge in [0.25, 0.3) is 0 Å². The molecule has 1 aliphatic carbocycles. The van der Waals surface area contributed by atoms with Crippen LogP contribution in [0.2, 0.25) is 0 Å². The molecule has 3 amide bonds. The van der Waals surface area contributed by atoms with E-state index in [1.165, 1.54) is 0 Å². The highest BCUT2D eigenvalue weighted by molar-refractivity contribution is 5.80. The minimum Gasteiger partial charge on any atom is -0.394 e. The van der Waals surface area contributed by atoms with Crippen molar-refractivity contribution in [2.45, 2.75) is 100 Å². The number of nitrogens with zero attached hydrogens (tertiary/aromatic N) is 4. The molecule has 19 heteroatoms. The van der Waals surface area contributed by atoms with Gasteiger partial charge in [-0.1, -0.05) is 5.11 Å². The summed E-state index contributed by atoms with van der Waals surface area (Å²) in [6.07, 6.45) is -10.6. The van der Waals surface area contributed by atoms with Crippen molar-refractivity contribution in [1.82, 2.24) is 15.5 Å². The Morgan fingerprint density at radius 1 is 1.02 bits per heavy atom. The van der Waals surface area contributed by atoms with Gasteiger partial charge in [0.1, 0.15) is 48.8 Å². The molecule has 0 bridgehead atoms. The Morgan fingerprint density at radius 2 is 1.72 bits per heavy atom. The molecule has 19 nitrogen and oxygen atoms in total. The van der Waals surface area contributed by atoms with E-state index < -0.39 is 73.9 Å². The molecular formula is C28H46N6O13. The number of aliphatic hydroxyl groups is 6. The van der Waals surface area contributed by atoms with E-state index in [1.54, 1.807) is 4.90 Å². The summed E-state index contributed by atoms with van der Waals surface area (Å²) >= 11 is 0. The number of nitrogens with one attached hydrogen (secondary N) is 2. The molecule has 4 fully saturated rings. The molecule has 10 atom stereocenters.